The Labute approximate surface area is 147 Å². The zero-order chi connectivity index (χ0) is 18.4. The van der Waals surface area contributed by atoms with Crippen LogP contribution in [-0.2, 0) is 14.8 Å². The van der Waals surface area contributed by atoms with Crippen molar-refractivity contribution in [2.24, 2.45) is 0 Å². The average Bonchev–Trinajstić information content (AvgIpc) is 2.61. The van der Waals surface area contributed by atoms with E-state index in [9.17, 15) is 18.3 Å². The fraction of sp³-hybridized carbons (Fsp3) is 0.167. The predicted molar refractivity (Wildman–Crippen MR) is 95.3 cm³/mol. The lowest BCUT2D eigenvalue weighted by atomic mass is 10.2. The Morgan fingerprint density at radius 2 is 1.92 bits per heavy atom. The van der Waals surface area contributed by atoms with E-state index >= 15 is 0 Å². The topological polar surface area (TPSA) is 83.9 Å². The van der Waals surface area contributed by atoms with Crippen molar-refractivity contribution >= 4 is 21.7 Å². The van der Waals surface area contributed by atoms with E-state index in [0.29, 0.717) is 5.75 Å². The van der Waals surface area contributed by atoms with Gasteiger partial charge in [0.25, 0.3) is 10.0 Å². The first-order valence-corrected chi connectivity index (χ1v) is 8.98. The molecule has 0 bridgehead atoms. The number of benzene rings is 2. The summed E-state index contributed by atoms with van der Waals surface area (Å²) in [7, 11) is -4.06. The van der Waals surface area contributed by atoms with Gasteiger partial charge in [0.15, 0.2) is 0 Å². The molecule has 2 rings (SSSR count). The molecule has 0 aliphatic heterocycles. The van der Waals surface area contributed by atoms with Gasteiger partial charge in [-0.2, -0.15) is 0 Å². The van der Waals surface area contributed by atoms with Crippen LogP contribution >= 0.6 is 0 Å². The molecule has 0 saturated carbocycles. The van der Waals surface area contributed by atoms with Gasteiger partial charge in [0, 0.05) is 6.07 Å². The Morgan fingerprint density at radius 1 is 1.24 bits per heavy atom. The molecule has 0 fully saturated rings. The second-order valence-electron chi connectivity index (χ2n) is 5.23. The average molecular weight is 361 g/mol. The highest BCUT2D eigenvalue weighted by atomic mass is 32.2. The Kier molecular flexibility index (Phi) is 5.82. The molecule has 0 aliphatic carbocycles. The van der Waals surface area contributed by atoms with Crippen molar-refractivity contribution < 1.29 is 23.1 Å². The molecule has 1 N–H and O–H groups in total. The molecule has 0 aliphatic rings. The van der Waals surface area contributed by atoms with Crippen LogP contribution in [0.25, 0.3) is 0 Å². The van der Waals surface area contributed by atoms with Crippen LogP contribution in [0.5, 0.6) is 5.75 Å². The van der Waals surface area contributed by atoms with E-state index in [-0.39, 0.29) is 17.2 Å². The lowest BCUT2D eigenvalue weighted by Crippen LogP contribution is -2.43. The fourth-order valence-corrected chi connectivity index (χ4v) is 3.87. The van der Waals surface area contributed by atoms with E-state index in [0.717, 1.165) is 4.31 Å². The van der Waals surface area contributed by atoms with E-state index in [1.807, 2.05) is 0 Å². The van der Waals surface area contributed by atoms with Crippen molar-refractivity contribution in [1.29, 1.82) is 0 Å². The Bertz CT molecular complexity index is 849. The van der Waals surface area contributed by atoms with Crippen LogP contribution < -0.4 is 9.04 Å². The number of hydrogen-bond donors (Lipinski definition) is 1. The van der Waals surface area contributed by atoms with Gasteiger partial charge in [-0.15, -0.1) is 0 Å². The van der Waals surface area contributed by atoms with Crippen LogP contribution in [0.1, 0.15) is 6.92 Å². The first-order valence-electron chi connectivity index (χ1n) is 7.54. The molecule has 0 amide bonds. The molecule has 0 heterocycles. The van der Waals surface area contributed by atoms with E-state index < -0.39 is 22.0 Å². The summed E-state index contributed by atoms with van der Waals surface area (Å²) < 4.78 is 32.3. The first kappa shape index (κ1) is 18.5. The summed E-state index contributed by atoms with van der Waals surface area (Å²) in [5, 5.41) is 9.38. The third-order valence-electron chi connectivity index (χ3n) is 3.45. The van der Waals surface area contributed by atoms with Crippen LogP contribution in [0, 0.1) is 0 Å². The van der Waals surface area contributed by atoms with Crippen LogP contribution in [0.2, 0.25) is 0 Å². The lowest BCUT2D eigenvalue weighted by Gasteiger charge is -2.28. The van der Waals surface area contributed by atoms with Crippen molar-refractivity contribution in [1.82, 2.24) is 0 Å². The molecule has 2 aromatic rings. The van der Waals surface area contributed by atoms with Gasteiger partial charge in [-0.1, -0.05) is 36.9 Å². The molecule has 2 aromatic carbocycles. The minimum atomic E-state index is -4.06. The number of aliphatic carboxylic acids is 1. The van der Waals surface area contributed by atoms with Crippen molar-refractivity contribution in [2.45, 2.75) is 17.9 Å². The number of hydrogen-bond acceptors (Lipinski definition) is 4. The van der Waals surface area contributed by atoms with Gasteiger partial charge >= 0.3 is 5.97 Å². The van der Waals surface area contributed by atoms with E-state index in [2.05, 4.69) is 6.58 Å². The molecule has 7 heteroatoms. The minimum absolute atomic E-state index is 0.0144. The highest BCUT2D eigenvalue weighted by molar-refractivity contribution is 7.92. The smallest absolute Gasteiger partial charge is 0.327 e. The van der Waals surface area contributed by atoms with Gasteiger partial charge in [-0.25, -0.2) is 13.2 Å². The largest absolute Gasteiger partial charge is 0.489 e. The maximum atomic E-state index is 13.0. The van der Waals surface area contributed by atoms with E-state index in [1.54, 1.807) is 36.4 Å². The lowest BCUT2D eigenvalue weighted by molar-refractivity contribution is -0.137. The Morgan fingerprint density at radius 3 is 2.52 bits per heavy atom. The summed E-state index contributed by atoms with van der Waals surface area (Å²) in [6, 6.07) is 12.7. The number of anilines is 1. The summed E-state index contributed by atoms with van der Waals surface area (Å²) in [5.41, 5.74) is 0.209. The predicted octanol–water partition coefficient (Wildman–Crippen LogP) is 2.92. The van der Waals surface area contributed by atoms with Crippen molar-refractivity contribution in [2.75, 3.05) is 10.9 Å². The van der Waals surface area contributed by atoms with Gasteiger partial charge < -0.3 is 9.84 Å². The maximum absolute atomic E-state index is 13.0. The summed E-state index contributed by atoms with van der Waals surface area (Å²) in [4.78, 5) is 11.5. The molecule has 1 atom stereocenters. The van der Waals surface area contributed by atoms with E-state index in [1.165, 1.54) is 31.2 Å². The number of nitrogens with zero attached hydrogens (tertiary/aromatic N) is 1. The second-order valence-corrected chi connectivity index (χ2v) is 7.04. The Hall–Kier alpha value is -2.80. The zero-order valence-corrected chi connectivity index (χ0v) is 14.5. The summed E-state index contributed by atoms with van der Waals surface area (Å²) in [5.74, 6) is -0.833. The third kappa shape index (κ3) is 4.19. The number of carbonyl (C=O) groups is 1. The molecule has 0 spiro atoms. The molecule has 0 aromatic heterocycles. The zero-order valence-electron chi connectivity index (χ0n) is 13.7. The van der Waals surface area contributed by atoms with Crippen molar-refractivity contribution in [3.8, 4) is 5.75 Å². The number of carboxylic acid groups (broad SMARTS) is 1. The van der Waals surface area contributed by atoms with Gasteiger partial charge in [-0.3, -0.25) is 4.31 Å². The number of rotatable bonds is 8. The third-order valence-corrected chi connectivity index (χ3v) is 5.36. The van der Waals surface area contributed by atoms with Crippen LogP contribution in [0.4, 0.5) is 5.69 Å². The Balaban J connectivity index is 2.54. The normalized spacial score (nSPS) is 12.2. The molecule has 132 valence electrons. The molecule has 1 unspecified atom stereocenters. The highest BCUT2D eigenvalue weighted by Crippen LogP contribution is 2.29. The molecule has 25 heavy (non-hydrogen) atoms. The van der Waals surface area contributed by atoms with Crippen molar-refractivity contribution in [3.05, 3.63) is 67.3 Å². The highest BCUT2D eigenvalue weighted by Gasteiger charge is 2.33. The summed E-state index contributed by atoms with van der Waals surface area (Å²) in [6.45, 7) is 5.13. The fourth-order valence-electron chi connectivity index (χ4n) is 2.24. The minimum Gasteiger partial charge on any atom is -0.489 e. The second kappa shape index (κ2) is 7.85. The quantitative estimate of drug-likeness (QED) is 0.731. The van der Waals surface area contributed by atoms with Crippen LogP contribution in [0.3, 0.4) is 0 Å². The number of carboxylic acids is 1. The first-order chi connectivity index (χ1) is 11.9. The monoisotopic (exact) mass is 361 g/mol. The van der Waals surface area contributed by atoms with Gasteiger partial charge in [0.05, 0.1) is 10.6 Å². The SMILES string of the molecule is C=CCOc1cccc(N(C(C)C(=O)O)S(=O)(=O)c2ccccc2)c1. The van der Waals surface area contributed by atoms with Crippen LogP contribution in [-0.4, -0.2) is 32.1 Å². The van der Waals surface area contributed by atoms with E-state index in [4.69, 9.17) is 4.74 Å². The molecular formula is C18H19NO5S. The number of sulfonamides is 1. The molecule has 6 nitrogen and oxygen atoms in total. The van der Waals surface area contributed by atoms with Gasteiger partial charge in [0.1, 0.15) is 18.4 Å². The maximum Gasteiger partial charge on any atom is 0.327 e. The van der Waals surface area contributed by atoms with Gasteiger partial charge in [-0.05, 0) is 31.2 Å². The summed E-state index contributed by atoms with van der Waals surface area (Å²) in [6.07, 6.45) is 1.56. The molecule has 0 radical (unpaired) electrons. The number of ether oxygens (including phenoxy) is 1. The standard InChI is InChI=1S/C18H19NO5S/c1-3-12-24-16-9-7-8-15(13-16)19(14(2)18(20)21)25(22,23)17-10-5-4-6-11-17/h3-11,13-14H,1,12H2,2H3,(H,20,21). The van der Waals surface area contributed by atoms with Gasteiger partial charge in [0.2, 0.25) is 0 Å². The van der Waals surface area contributed by atoms with Crippen LogP contribution in [0.15, 0.2) is 72.1 Å². The van der Waals surface area contributed by atoms with Crippen molar-refractivity contribution in [3.63, 3.8) is 0 Å². The summed E-state index contributed by atoms with van der Waals surface area (Å²) >= 11 is 0. The molecular weight excluding hydrogens is 342 g/mol. The molecule has 0 saturated heterocycles.